The Bertz CT molecular complexity index is 1780. The Labute approximate surface area is 252 Å². The zero-order chi connectivity index (χ0) is 29.6. The number of hydrogen-bond donors (Lipinski definition) is 2. The summed E-state index contributed by atoms with van der Waals surface area (Å²) in [5.41, 5.74) is 10.2. The van der Waals surface area contributed by atoms with Crippen LogP contribution in [0.3, 0.4) is 0 Å². The number of halogens is 1. The minimum absolute atomic E-state index is 0.0102. The molecule has 0 aromatic heterocycles. The van der Waals surface area contributed by atoms with Crippen LogP contribution in [0.4, 0.5) is 0 Å². The molecule has 0 saturated heterocycles. The molecule has 42 heavy (non-hydrogen) atoms. The molecule has 0 radical (unpaired) electrons. The van der Waals surface area contributed by atoms with Crippen molar-refractivity contribution >= 4 is 37.8 Å². The largest absolute Gasteiger partial charge is 0.472 e. The third kappa shape index (κ3) is 4.96. The third-order valence-corrected chi connectivity index (χ3v) is 9.96. The van der Waals surface area contributed by atoms with Gasteiger partial charge in [0.25, 0.3) is 21.8 Å². The molecular formula is C31H29BrN4O5S. The van der Waals surface area contributed by atoms with Crippen molar-refractivity contribution in [3.63, 3.8) is 0 Å². The quantitative estimate of drug-likeness (QED) is 0.253. The summed E-state index contributed by atoms with van der Waals surface area (Å²) in [5.74, 6) is -1.26. The molecule has 2 heterocycles. The molecular weight excluding hydrogens is 620 g/mol. The first-order valence-corrected chi connectivity index (χ1v) is 15.9. The number of hydrogen-bond acceptors (Lipinski definition) is 7. The number of amides is 2. The Morgan fingerprint density at radius 3 is 2.43 bits per heavy atom. The van der Waals surface area contributed by atoms with Gasteiger partial charge in [0, 0.05) is 39.9 Å². The summed E-state index contributed by atoms with van der Waals surface area (Å²) >= 11 is 3.75. The van der Waals surface area contributed by atoms with Gasteiger partial charge in [-0.15, -0.1) is 0 Å². The van der Waals surface area contributed by atoms with E-state index in [1.807, 2.05) is 17.2 Å². The normalized spacial score (nSPS) is 17.0. The summed E-state index contributed by atoms with van der Waals surface area (Å²) < 4.78 is 34.4. The van der Waals surface area contributed by atoms with Gasteiger partial charge in [0.1, 0.15) is 11.9 Å². The van der Waals surface area contributed by atoms with Crippen molar-refractivity contribution in [1.29, 1.82) is 0 Å². The van der Waals surface area contributed by atoms with E-state index in [1.54, 1.807) is 55.0 Å². The molecule has 0 spiro atoms. The maximum absolute atomic E-state index is 13.6. The van der Waals surface area contributed by atoms with Gasteiger partial charge < -0.3 is 20.0 Å². The second-order valence-corrected chi connectivity index (χ2v) is 12.9. The highest BCUT2D eigenvalue weighted by Gasteiger charge is 2.41. The second kappa shape index (κ2) is 11.0. The zero-order valence-corrected chi connectivity index (χ0v) is 25.2. The van der Waals surface area contributed by atoms with Crippen molar-refractivity contribution in [3.8, 4) is 22.3 Å². The first-order valence-electron chi connectivity index (χ1n) is 13.6. The van der Waals surface area contributed by atoms with Gasteiger partial charge in [-0.2, -0.15) is 0 Å². The summed E-state index contributed by atoms with van der Waals surface area (Å²) in [5, 5.41) is 0. The highest BCUT2D eigenvalue weighted by molar-refractivity contribution is 9.10. The van der Waals surface area contributed by atoms with Crippen molar-refractivity contribution in [2.75, 3.05) is 0 Å². The molecule has 11 heteroatoms. The topological polar surface area (TPSA) is 126 Å². The number of primary amides is 1. The lowest BCUT2D eigenvalue weighted by Gasteiger charge is -2.33. The van der Waals surface area contributed by atoms with Gasteiger partial charge in [-0.05, 0) is 76.1 Å². The van der Waals surface area contributed by atoms with E-state index in [1.165, 1.54) is 12.1 Å². The lowest BCUT2D eigenvalue weighted by molar-refractivity contribution is -0.116. The van der Waals surface area contributed by atoms with Crippen molar-refractivity contribution in [3.05, 3.63) is 101 Å². The standard InChI is InChI=1S/C31H29BrN4O5S/c1-2-27-35(19-12-13-19)17-26(30(33)37)36(27)16-24-21-14-15-41-18-25(21)29(32)28(24)22-10-6-7-11-23(22)31(38)34-42(39,40)20-8-4-3-5-9-20/h3-11,14-15,17-19,27H,2,12-13,16H2,1H3,(H2,33,37)(H,34,38). The van der Waals surface area contributed by atoms with E-state index in [4.69, 9.17) is 10.2 Å². The third-order valence-electron chi connectivity index (χ3n) is 7.79. The van der Waals surface area contributed by atoms with Gasteiger partial charge in [0.2, 0.25) is 0 Å². The van der Waals surface area contributed by atoms with Gasteiger partial charge in [0.15, 0.2) is 0 Å². The van der Waals surface area contributed by atoms with Gasteiger partial charge in [-0.25, -0.2) is 13.1 Å². The number of fused-ring (bicyclic) bond motifs is 1. The number of benzene rings is 2. The van der Waals surface area contributed by atoms with Gasteiger partial charge >= 0.3 is 0 Å². The van der Waals surface area contributed by atoms with Crippen LogP contribution >= 0.6 is 15.9 Å². The van der Waals surface area contributed by atoms with E-state index in [0.717, 1.165) is 36.0 Å². The average molecular weight is 650 g/mol. The minimum Gasteiger partial charge on any atom is -0.472 e. The lowest BCUT2D eigenvalue weighted by atomic mass is 9.97. The second-order valence-electron chi connectivity index (χ2n) is 10.4. The predicted octanol–water partition coefficient (Wildman–Crippen LogP) is 5.28. The molecule has 2 aliphatic heterocycles. The van der Waals surface area contributed by atoms with E-state index in [0.29, 0.717) is 33.9 Å². The highest BCUT2D eigenvalue weighted by atomic mass is 79.9. The van der Waals surface area contributed by atoms with Crippen LogP contribution in [0.25, 0.3) is 22.3 Å². The number of nitrogens with one attached hydrogen (secondary N) is 1. The van der Waals surface area contributed by atoms with E-state index < -0.39 is 21.8 Å². The molecule has 2 aliphatic carbocycles. The molecule has 0 bridgehead atoms. The molecule has 6 rings (SSSR count). The molecule has 216 valence electrons. The van der Waals surface area contributed by atoms with Gasteiger partial charge in [-0.1, -0.05) is 43.3 Å². The minimum atomic E-state index is -4.10. The van der Waals surface area contributed by atoms with Gasteiger partial charge in [0.05, 0.1) is 17.4 Å². The SMILES string of the molecule is CCC1N(Cc2c3ccocc-3c(Br)c2-c2ccccc2C(=O)NS(=O)(=O)c2ccccc2)C(C(N)=O)=CN1C1CC1. The molecule has 1 atom stereocenters. The van der Waals surface area contributed by atoms with Crippen LogP contribution in [-0.4, -0.2) is 42.2 Å². The molecule has 4 aliphatic rings. The van der Waals surface area contributed by atoms with E-state index in [-0.39, 0.29) is 16.6 Å². The zero-order valence-electron chi connectivity index (χ0n) is 22.8. The first kappa shape index (κ1) is 28.0. The summed E-state index contributed by atoms with van der Waals surface area (Å²) in [7, 11) is -4.10. The predicted molar refractivity (Wildman–Crippen MR) is 161 cm³/mol. The van der Waals surface area contributed by atoms with Gasteiger partial charge in [-0.3, -0.25) is 9.59 Å². The van der Waals surface area contributed by atoms with E-state index in [9.17, 15) is 18.0 Å². The first-order chi connectivity index (χ1) is 20.2. The number of nitrogens with two attached hydrogens (primary N) is 1. The molecule has 2 aromatic carbocycles. The number of carbonyl (C=O) groups excluding carboxylic acids is 2. The summed E-state index contributed by atoms with van der Waals surface area (Å²) in [4.78, 5) is 30.4. The van der Waals surface area contributed by atoms with Crippen molar-refractivity contribution < 1.29 is 22.4 Å². The maximum Gasteiger partial charge on any atom is 0.266 e. The van der Waals surface area contributed by atoms with E-state index >= 15 is 0 Å². The number of sulfonamides is 1. The molecule has 1 fully saturated rings. The monoisotopic (exact) mass is 648 g/mol. The fourth-order valence-electron chi connectivity index (χ4n) is 5.72. The van der Waals surface area contributed by atoms with Crippen LogP contribution in [0.1, 0.15) is 42.1 Å². The Hall–Kier alpha value is -4.09. The molecule has 2 aromatic rings. The molecule has 9 nitrogen and oxygen atoms in total. The molecule has 1 saturated carbocycles. The molecule has 3 N–H and O–H groups in total. The highest BCUT2D eigenvalue weighted by Crippen LogP contribution is 2.48. The average Bonchev–Trinajstić information content (AvgIpc) is 3.71. The number of carbonyl (C=O) groups is 2. The Balaban J connectivity index is 1.45. The summed E-state index contributed by atoms with van der Waals surface area (Å²) in [6.45, 7) is 2.41. The van der Waals surface area contributed by atoms with Crippen molar-refractivity contribution in [1.82, 2.24) is 14.5 Å². The maximum atomic E-state index is 13.6. The van der Waals surface area contributed by atoms with E-state index in [2.05, 4.69) is 32.5 Å². The Morgan fingerprint density at radius 2 is 1.74 bits per heavy atom. The van der Waals surface area contributed by atoms with Crippen molar-refractivity contribution in [2.45, 2.75) is 49.8 Å². The molecule has 2 amide bonds. The number of rotatable bonds is 9. The fourth-order valence-corrected chi connectivity index (χ4v) is 7.47. The van der Waals surface area contributed by atoms with Crippen LogP contribution in [-0.2, 0) is 21.4 Å². The van der Waals surface area contributed by atoms with Crippen molar-refractivity contribution in [2.24, 2.45) is 5.73 Å². The Morgan fingerprint density at radius 1 is 1.02 bits per heavy atom. The Kier molecular flexibility index (Phi) is 7.32. The fraction of sp³-hybridized carbons (Fsp3) is 0.226. The van der Waals surface area contributed by atoms with Crippen LogP contribution in [0.5, 0.6) is 0 Å². The molecule has 1 unspecified atom stereocenters. The summed E-state index contributed by atoms with van der Waals surface area (Å²) in [6.07, 6.45) is 7.92. The lowest BCUT2D eigenvalue weighted by Crippen LogP contribution is -2.41. The van der Waals surface area contributed by atoms with Crippen LogP contribution in [0.2, 0.25) is 0 Å². The van der Waals surface area contributed by atoms with Crippen LogP contribution in [0.15, 0.2) is 98.9 Å². The summed E-state index contributed by atoms with van der Waals surface area (Å²) in [6, 6.07) is 16.8. The number of nitrogens with zero attached hydrogens (tertiary/aromatic N) is 2. The van der Waals surface area contributed by atoms with Crippen LogP contribution in [0, 0.1) is 0 Å². The van der Waals surface area contributed by atoms with Crippen LogP contribution < -0.4 is 10.5 Å². The smallest absolute Gasteiger partial charge is 0.266 e.